The molecular formula is C40H38Y3-6. The zero-order valence-corrected chi connectivity index (χ0v) is 34.9. The third kappa shape index (κ3) is 23.3. The fourth-order valence-electron chi connectivity index (χ4n) is 2.87. The Morgan fingerprint density at radius 3 is 1.05 bits per heavy atom. The first kappa shape index (κ1) is 50.8. The van der Waals surface area contributed by atoms with Crippen LogP contribution in [0.5, 0.6) is 0 Å². The Morgan fingerprint density at radius 1 is 0.442 bits per heavy atom. The molecule has 0 N–H and O–H groups in total. The van der Waals surface area contributed by atoms with Crippen LogP contribution in [0.1, 0.15) is 45.9 Å². The van der Waals surface area contributed by atoms with Crippen LogP contribution in [-0.4, -0.2) is 0 Å². The monoisotopic (exact) mass is 785 g/mol. The molecule has 0 aliphatic rings. The number of hydrogen-bond donors (Lipinski definition) is 0. The fraction of sp³-hybridized carbons (Fsp3) is 0.0750. The van der Waals surface area contributed by atoms with E-state index < -0.39 is 0 Å². The zero-order valence-electron chi connectivity index (χ0n) is 26.4. The van der Waals surface area contributed by atoms with Crippen molar-refractivity contribution in [3.63, 3.8) is 0 Å². The second-order valence-electron chi connectivity index (χ2n) is 7.83. The molecule has 4 rings (SSSR count). The maximum atomic E-state index is 3.45. The summed E-state index contributed by atoms with van der Waals surface area (Å²) in [6.07, 6.45) is 0. The summed E-state index contributed by atoms with van der Waals surface area (Å²) in [5.74, 6) is 23.0. The molecule has 0 fully saturated rings. The predicted molar refractivity (Wildman–Crippen MR) is 176 cm³/mol. The standard InChI is InChI=1S/C15H11.C12H9.C10H9.3CH3.3Y/c1-13-7-9-15(10-8-13)12-11-14-5-3-2-4-6-14;1-3-5-11-7-9-12(6-4-2)10-8-11;1-3-4-10-7-5-9(2)6-8-10;;;;;;/h3-10H,1H3;7-10H,1H2,2H3;5-8H,1H2,2H3;3*1H3;;;/q6*-1;;;. The van der Waals surface area contributed by atoms with Crippen LogP contribution >= 0.6 is 0 Å². The average molecular weight is 785 g/mol. The molecule has 0 nitrogen and oxygen atoms in total. The van der Waals surface area contributed by atoms with Crippen molar-refractivity contribution in [3.8, 4) is 47.4 Å². The Morgan fingerprint density at radius 2 is 0.721 bits per heavy atom. The number of rotatable bonds is 0. The van der Waals surface area contributed by atoms with Crippen molar-refractivity contribution in [2.24, 2.45) is 0 Å². The molecule has 0 aliphatic carbocycles. The molecule has 43 heavy (non-hydrogen) atoms. The van der Waals surface area contributed by atoms with Gasteiger partial charge in [-0.3, -0.25) is 23.7 Å². The van der Waals surface area contributed by atoms with Gasteiger partial charge in [-0.05, 0) is 45.0 Å². The van der Waals surface area contributed by atoms with Gasteiger partial charge in [0.15, 0.2) is 0 Å². The Labute approximate surface area is 340 Å². The summed E-state index contributed by atoms with van der Waals surface area (Å²) in [7, 11) is 0. The Bertz CT molecular complexity index is 1450. The summed E-state index contributed by atoms with van der Waals surface area (Å²) in [5.41, 5.74) is 7.62. The molecule has 0 amide bonds. The van der Waals surface area contributed by atoms with Crippen LogP contribution in [0, 0.1) is 103 Å². The Hall–Kier alpha value is -1.83. The molecule has 0 aromatic heterocycles. The molecule has 0 saturated carbocycles. The second-order valence-corrected chi connectivity index (χ2v) is 7.83. The van der Waals surface area contributed by atoms with E-state index in [0.717, 1.165) is 27.8 Å². The first-order valence-corrected chi connectivity index (χ1v) is 11.7. The fourth-order valence-corrected chi connectivity index (χ4v) is 2.87. The van der Waals surface area contributed by atoms with Crippen LogP contribution in [0.4, 0.5) is 0 Å². The van der Waals surface area contributed by atoms with Crippen LogP contribution in [0.15, 0.2) is 97.1 Å². The topological polar surface area (TPSA) is 0 Å². The van der Waals surface area contributed by atoms with E-state index in [9.17, 15) is 0 Å². The van der Waals surface area contributed by atoms with Crippen molar-refractivity contribution in [1.29, 1.82) is 0 Å². The molecular weight excluding hydrogens is 747 g/mol. The van der Waals surface area contributed by atoms with Crippen molar-refractivity contribution in [2.45, 2.75) is 20.8 Å². The third-order valence-electron chi connectivity index (χ3n) is 4.79. The van der Waals surface area contributed by atoms with Gasteiger partial charge in [0.25, 0.3) is 0 Å². The largest absolute Gasteiger partial charge is 0.358 e. The molecule has 0 aliphatic heterocycles. The molecule has 213 valence electrons. The summed E-state index contributed by atoms with van der Waals surface area (Å²) in [6.45, 7) is 12.8. The zero-order chi connectivity index (χ0) is 26.7. The number of aryl methyl sites for hydroxylation is 2. The van der Waals surface area contributed by atoms with E-state index in [-0.39, 0.29) is 120 Å². The summed E-state index contributed by atoms with van der Waals surface area (Å²) < 4.78 is 0. The summed E-state index contributed by atoms with van der Waals surface area (Å²) in [6, 6.07) is 34.7. The maximum absolute atomic E-state index is 3.45. The van der Waals surface area contributed by atoms with E-state index in [1.807, 2.05) is 91.9 Å². The third-order valence-corrected chi connectivity index (χ3v) is 4.79. The average Bonchev–Trinajstić information content (AvgIpc) is 2.93. The molecule has 0 bridgehead atoms. The van der Waals surface area contributed by atoms with Gasteiger partial charge >= 0.3 is 0 Å². The molecule has 0 heterocycles. The SMILES string of the molecule is Cc1ccc(C#Cc2cc[c-]cc2)cc1.[CH2-]C#Cc1ccc(C#CC)cc1.[CH2-]C#Cc1ccc(C)cc1.[CH3-].[CH3-].[CH3-].[Y].[Y].[Y]. The summed E-state index contributed by atoms with van der Waals surface area (Å²) in [4.78, 5) is 0. The normalized spacial score (nSPS) is 7.14. The Balaban J connectivity index is -0.000000160. The molecule has 0 unspecified atom stereocenters. The molecule has 3 radical (unpaired) electrons. The minimum Gasteiger partial charge on any atom is -0.358 e. The molecule has 4 aromatic carbocycles. The summed E-state index contributed by atoms with van der Waals surface area (Å²) in [5, 5.41) is 0. The summed E-state index contributed by atoms with van der Waals surface area (Å²) >= 11 is 0. The molecule has 4 aromatic rings. The van der Waals surface area contributed by atoms with Gasteiger partial charge in [-0.2, -0.15) is 44.2 Å². The van der Waals surface area contributed by atoms with E-state index >= 15 is 0 Å². The Kier molecular flexibility index (Phi) is 37.3. The molecule has 3 heteroatoms. The van der Waals surface area contributed by atoms with E-state index in [1.54, 1.807) is 0 Å². The van der Waals surface area contributed by atoms with Crippen molar-refractivity contribution < 1.29 is 98.1 Å². The predicted octanol–water partition coefficient (Wildman–Crippen LogP) is 8.96. The van der Waals surface area contributed by atoms with E-state index in [4.69, 9.17) is 0 Å². The molecule has 0 spiro atoms. The van der Waals surface area contributed by atoms with Crippen LogP contribution in [0.2, 0.25) is 0 Å². The van der Waals surface area contributed by atoms with E-state index in [0.29, 0.717) is 0 Å². The van der Waals surface area contributed by atoms with E-state index in [2.05, 4.69) is 93.3 Å². The smallest absolute Gasteiger partial charge is 0.0248 e. The van der Waals surface area contributed by atoms with Crippen LogP contribution in [0.3, 0.4) is 0 Å². The van der Waals surface area contributed by atoms with Crippen LogP contribution in [0.25, 0.3) is 0 Å². The quantitative estimate of drug-likeness (QED) is 0.124. The van der Waals surface area contributed by atoms with Gasteiger partial charge in [-0.25, -0.2) is 0 Å². The number of benzene rings is 4. The van der Waals surface area contributed by atoms with Crippen molar-refractivity contribution in [2.75, 3.05) is 0 Å². The van der Waals surface area contributed by atoms with Crippen molar-refractivity contribution in [1.82, 2.24) is 0 Å². The van der Waals surface area contributed by atoms with Crippen LogP contribution < -0.4 is 0 Å². The van der Waals surface area contributed by atoms with Gasteiger partial charge in [-0.1, -0.05) is 94.1 Å². The van der Waals surface area contributed by atoms with Gasteiger partial charge in [0.1, 0.15) is 0 Å². The van der Waals surface area contributed by atoms with Crippen molar-refractivity contribution in [3.05, 3.63) is 178 Å². The minimum absolute atomic E-state index is 0. The van der Waals surface area contributed by atoms with E-state index in [1.165, 1.54) is 11.1 Å². The van der Waals surface area contributed by atoms with Crippen molar-refractivity contribution >= 4 is 0 Å². The second kappa shape index (κ2) is 31.6. The van der Waals surface area contributed by atoms with Gasteiger partial charge in [0.05, 0.1) is 0 Å². The first-order valence-electron chi connectivity index (χ1n) is 11.7. The number of hydrogen-bond acceptors (Lipinski definition) is 0. The molecule has 0 atom stereocenters. The van der Waals surface area contributed by atoms with Crippen LogP contribution in [-0.2, 0) is 98.1 Å². The van der Waals surface area contributed by atoms with Gasteiger partial charge in [0.2, 0.25) is 0 Å². The van der Waals surface area contributed by atoms with Gasteiger partial charge in [0, 0.05) is 109 Å². The first-order chi connectivity index (χ1) is 18.0. The molecule has 0 saturated heterocycles. The van der Waals surface area contributed by atoms with Gasteiger partial charge in [-0.15, -0.1) is 5.92 Å². The maximum Gasteiger partial charge on any atom is 0.0248 e. The minimum atomic E-state index is 0. The van der Waals surface area contributed by atoms with Gasteiger partial charge < -0.3 is 22.3 Å².